The quantitative estimate of drug-likeness (QED) is 0.465. The summed E-state index contributed by atoms with van der Waals surface area (Å²) in [6.45, 7) is 3.76. The molecule has 10 heteroatoms. The number of ether oxygens (including phenoxy) is 1. The highest BCUT2D eigenvalue weighted by atomic mass is 32.2. The van der Waals surface area contributed by atoms with E-state index in [4.69, 9.17) is 4.74 Å². The number of carbonyl (C=O) groups is 2. The monoisotopic (exact) mass is 417 g/mol. The van der Waals surface area contributed by atoms with Gasteiger partial charge in [-0.25, -0.2) is 9.48 Å². The third kappa shape index (κ3) is 4.57. The van der Waals surface area contributed by atoms with Gasteiger partial charge in [0.1, 0.15) is 5.00 Å². The fourth-order valence-electron chi connectivity index (χ4n) is 2.34. The maximum atomic E-state index is 12.7. The molecule has 0 saturated carbocycles. The van der Waals surface area contributed by atoms with Crippen LogP contribution in [0, 0.1) is 0 Å². The van der Waals surface area contributed by atoms with Gasteiger partial charge in [0.05, 0.1) is 17.4 Å². The van der Waals surface area contributed by atoms with Gasteiger partial charge >= 0.3 is 5.97 Å². The average Bonchev–Trinajstić information content (AvgIpc) is 3.29. The van der Waals surface area contributed by atoms with E-state index in [1.54, 1.807) is 27.0 Å². The van der Waals surface area contributed by atoms with Crippen LogP contribution in [0.1, 0.15) is 24.2 Å². The van der Waals surface area contributed by atoms with E-state index in [0.717, 1.165) is 10.4 Å². The van der Waals surface area contributed by atoms with Crippen molar-refractivity contribution >= 4 is 40.0 Å². The summed E-state index contributed by atoms with van der Waals surface area (Å²) in [5.74, 6) is -0.714. The highest BCUT2D eigenvalue weighted by Crippen LogP contribution is 2.36. The van der Waals surface area contributed by atoms with Crippen molar-refractivity contribution in [1.82, 2.24) is 20.2 Å². The van der Waals surface area contributed by atoms with Crippen LogP contribution in [-0.2, 0) is 16.6 Å². The predicted molar refractivity (Wildman–Crippen MR) is 108 cm³/mol. The lowest BCUT2D eigenvalue weighted by Gasteiger charge is -2.11. The summed E-state index contributed by atoms with van der Waals surface area (Å²) >= 11 is 2.57. The summed E-state index contributed by atoms with van der Waals surface area (Å²) in [6, 6.07) is 11.4. The van der Waals surface area contributed by atoms with Crippen molar-refractivity contribution in [2.45, 2.75) is 24.3 Å². The van der Waals surface area contributed by atoms with Gasteiger partial charge in [-0.3, -0.25) is 4.79 Å². The van der Waals surface area contributed by atoms with Crippen LogP contribution in [-0.4, -0.2) is 43.9 Å². The largest absolute Gasteiger partial charge is 0.462 e. The van der Waals surface area contributed by atoms with Gasteiger partial charge in [-0.2, -0.15) is 0 Å². The number of amides is 1. The maximum Gasteiger partial charge on any atom is 0.341 e. The van der Waals surface area contributed by atoms with E-state index in [2.05, 4.69) is 20.8 Å². The van der Waals surface area contributed by atoms with E-state index in [9.17, 15) is 9.59 Å². The minimum absolute atomic E-state index is 0.250. The van der Waals surface area contributed by atoms with Gasteiger partial charge in [0.2, 0.25) is 11.1 Å². The van der Waals surface area contributed by atoms with E-state index in [1.165, 1.54) is 27.8 Å². The molecule has 146 valence electrons. The van der Waals surface area contributed by atoms with Gasteiger partial charge in [-0.05, 0) is 35.9 Å². The number of thioether (sulfide) groups is 1. The first-order chi connectivity index (χ1) is 13.5. The van der Waals surface area contributed by atoms with Gasteiger partial charge in [-0.15, -0.1) is 16.4 Å². The number of aromatic nitrogens is 4. The van der Waals surface area contributed by atoms with Crippen molar-refractivity contribution in [2.24, 2.45) is 7.05 Å². The fourth-order valence-corrected chi connectivity index (χ4v) is 4.14. The lowest BCUT2D eigenvalue weighted by Crippen LogP contribution is -2.23. The first kappa shape index (κ1) is 20.0. The number of anilines is 1. The molecular weight excluding hydrogens is 398 g/mol. The van der Waals surface area contributed by atoms with Crippen molar-refractivity contribution in [3.63, 3.8) is 0 Å². The zero-order chi connectivity index (χ0) is 20.1. The first-order valence-electron chi connectivity index (χ1n) is 8.55. The molecule has 3 aromatic rings. The Balaban J connectivity index is 1.82. The molecule has 2 aromatic heterocycles. The summed E-state index contributed by atoms with van der Waals surface area (Å²) in [5, 5.41) is 14.6. The Hall–Kier alpha value is -2.72. The number of aryl methyl sites for hydroxylation is 1. The molecule has 0 fully saturated rings. The van der Waals surface area contributed by atoms with E-state index < -0.39 is 11.2 Å². The molecule has 2 heterocycles. The van der Waals surface area contributed by atoms with Crippen molar-refractivity contribution in [3.05, 3.63) is 42.0 Å². The highest BCUT2D eigenvalue weighted by molar-refractivity contribution is 8.00. The molecule has 1 amide bonds. The lowest BCUT2D eigenvalue weighted by molar-refractivity contribution is -0.115. The van der Waals surface area contributed by atoms with Crippen LogP contribution in [0.5, 0.6) is 0 Å². The molecule has 0 spiro atoms. The standard InChI is InChI=1S/C18H19N5O3S2/c1-4-26-17(25)13-10-14(12-8-6-5-7-9-12)28-16(13)19-15(24)11(2)27-18-20-21-22-23(18)3/h5-11H,4H2,1-3H3,(H,19,24)/t11-/m0/s1. The second-order valence-corrected chi connectivity index (χ2v) is 8.13. The molecule has 0 aliphatic rings. The lowest BCUT2D eigenvalue weighted by atomic mass is 10.1. The number of thiophene rings is 1. The Morgan fingerprint density at radius 3 is 2.71 bits per heavy atom. The van der Waals surface area contributed by atoms with Gasteiger partial charge in [0, 0.05) is 11.9 Å². The molecule has 0 unspecified atom stereocenters. The average molecular weight is 418 g/mol. The normalized spacial score (nSPS) is 11.8. The summed E-state index contributed by atoms with van der Waals surface area (Å²) in [6.07, 6.45) is 0. The Labute approximate surface area is 170 Å². The molecule has 3 rings (SSSR count). The Morgan fingerprint density at radius 2 is 2.07 bits per heavy atom. The number of esters is 1. The van der Waals surface area contributed by atoms with Crippen LogP contribution < -0.4 is 5.32 Å². The van der Waals surface area contributed by atoms with E-state index in [1.807, 2.05) is 30.3 Å². The van der Waals surface area contributed by atoms with Gasteiger partial charge in [0.25, 0.3) is 0 Å². The van der Waals surface area contributed by atoms with Crippen molar-refractivity contribution < 1.29 is 14.3 Å². The summed E-state index contributed by atoms with van der Waals surface area (Å²) in [4.78, 5) is 25.9. The van der Waals surface area contributed by atoms with Gasteiger partial charge in [-0.1, -0.05) is 42.1 Å². The Kier molecular flexibility index (Phi) is 6.42. The Morgan fingerprint density at radius 1 is 1.32 bits per heavy atom. The number of rotatable bonds is 7. The molecule has 8 nitrogen and oxygen atoms in total. The van der Waals surface area contributed by atoms with Crippen LogP contribution in [0.3, 0.4) is 0 Å². The first-order valence-corrected chi connectivity index (χ1v) is 10.3. The molecule has 28 heavy (non-hydrogen) atoms. The molecule has 0 aliphatic carbocycles. The van der Waals surface area contributed by atoms with Crippen molar-refractivity contribution in [1.29, 1.82) is 0 Å². The number of carbonyl (C=O) groups excluding carboxylic acids is 2. The minimum Gasteiger partial charge on any atom is -0.462 e. The number of nitrogens with one attached hydrogen (secondary N) is 1. The molecule has 0 radical (unpaired) electrons. The number of benzene rings is 1. The van der Waals surface area contributed by atoms with Crippen LogP contribution in [0.4, 0.5) is 5.00 Å². The van der Waals surface area contributed by atoms with Crippen LogP contribution in [0.15, 0.2) is 41.6 Å². The van der Waals surface area contributed by atoms with E-state index in [-0.39, 0.29) is 12.5 Å². The van der Waals surface area contributed by atoms with Crippen LogP contribution in [0.2, 0.25) is 0 Å². The third-order valence-corrected chi connectivity index (χ3v) is 5.98. The number of hydrogen-bond acceptors (Lipinski definition) is 8. The molecule has 0 aliphatic heterocycles. The summed E-state index contributed by atoms with van der Waals surface area (Å²) < 4.78 is 6.64. The molecule has 1 N–H and O–H groups in total. The van der Waals surface area contributed by atoms with Crippen LogP contribution in [0.25, 0.3) is 10.4 Å². The van der Waals surface area contributed by atoms with Gasteiger partial charge < -0.3 is 10.1 Å². The molecule has 0 bridgehead atoms. The van der Waals surface area contributed by atoms with E-state index >= 15 is 0 Å². The maximum absolute atomic E-state index is 12.7. The second-order valence-electron chi connectivity index (χ2n) is 5.77. The van der Waals surface area contributed by atoms with Crippen molar-refractivity contribution in [2.75, 3.05) is 11.9 Å². The topological polar surface area (TPSA) is 99.0 Å². The smallest absolute Gasteiger partial charge is 0.341 e. The van der Waals surface area contributed by atoms with Crippen LogP contribution >= 0.6 is 23.1 Å². The molecule has 1 aromatic carbocycles. The predicted octanol–water partition coefficient (Wildman–Crippen LogP) is 3.23. The minimum atomic E-state index is -0.464. The number of tetrazole rings is 1. The molecular formula is C18H19N5O3S2. The summed E-state index contributed by atoms with van der Waals surface area (Å²) in [5.41, 5.74) is 1.31. The second kappa shape index (κ2) is 8.98. The van der Waals surface area contributed by atoms with E-state index in [0.29, 0.717) is 15.7 Å². The van der Waals surface area contributed by atoms with Crippen molar-refractivity contribution in [3.8, 4) is 10.4 Å². The fraction of sp³-hybridized carbons (Fsp3) is 0.278. The third-order valence-electron chi connectivity index (χ3n) is 3.76. The Bertz CT molecular complexity index is 971. The SMILES string of the molecule is CCOC(=O)c1cc(-c2ccccc2)sc1NC(=O)[C@H](C)Sc1nnnn1C. The number of hydrogen-bond donors (Lipinski definition) is 1. The highest BCUT2D eigenvalue weighted by Gasteiger charge is 2.23. The zero-order valence-corrected chi connectivity index (χ0v) is 17.2. The summed E-state index contributed by atoms with van der Waals surface area (Å²) in [7, 11) is 1.71. The van der Waals surface area contributed by atoms with Gasteiger partial charge in [0.15, 0.2) is 0 Å². The molecule has 0 saturated heterocycles. The zero-order valence-electron chi connectivity index (χ0n) is 15.6. The molecule has 1 atom stereocenters. The number of nitrogens with zero attached hydrogens (tertiary/aromatic N) is 4.